The second kappa shape index (κ2) is 12.6. The van der Waals surface area contributed by atoms with Crippen molar-refractivity contribution in [1.82, 2.24) is 15.0 Å². The lowest BCUT2D eigenvalue weighted by Crippen LogP contribution is -2.03. The fraction of sp³-hybridized carbons (Fsp3) is 0.0652. The lowest BCUT2D eigenvalue weighted by molar-refractivity contribution is 0.586. The summed E-state index contributed by atoms with van der Waals surface area (Å²) < 4.78 is 6.47. The van der Waals surface area contributed by atoms with Gasteiger partial charge in [0.15, 0.2) is 17.5 Å². The molecule has 1 atom stereocenters. The Bertz CT molecular complexity index is 2480. The van der Waals surface area contributed by atoms with E-state index in [2.05, 4.69) is 140 Å². The summed E-state index contributed by atoms with van der Waals surface area (Å²) >= 11 is 0. The van der Waals surface area contributed by atoms with Crippen LogP contribution in [-0.2, 0) is 0 Å². The van der Waals surface area contributed by atoms with Gasteiger partial charge in [0.2, 0.25) is 0 Å². The third kappa shape index (κ3) is 5.41. The van der Waals surface area contributed by atoms with E-state index in [-0.39, 0.29) is 0 Å². The van der Waals surface area contributed by atoms with E-state index in [4.69, 9.17) is 19.4 Å². The molecule has 0 fully saturated rings. The molecular formula is C46H33N3O. The highest BCUT2D eigenvalue weighted by molar-refractivity contribution is 6.04. The van der Waals surface area contributed by atoms with Gasteiger partial charge in [0.1, 0.15) is 11.3 Å². The Balaban J connectivity index is 1.21. The van der Waals surface area contributed by atoms with Crippen molar-refractivity contribution in [3.8, 4) is 67.5 Å². The summed E-state index contributed by atoms with van der Waals surface area (Å²) in [6, 6.07) is 52.6. The molecule has 0 amide bonds. The van der Waals surface area contributed by atoms with Crippen LogP contribution in [0.25, 0.3) is 84.6 Å². The number of benzene rings is 6. The predicted molar refractivity (Wildman–Crippen MR) is 204 cm³/mol. The Morgan fingerprint density at radius 2 is 0.940 bits per heavy atom. The molecule has 4 heteroatoms. The van der Waals surface area contributed by atoms with Gasteiger partial charge in [-0.3, -0.25) is 0 Å². The average Bonchev–Trinajstić information content (AvgIpc) is 3.58. The summed E-state index contributed by atoms with van der Waals surface area (Å²) in [6.07, 6.45) is 5.25. The van der Waals surface area contributed by atoms with Gasteiger partial charge in [-0.15, -0.1) is 0 Å². The minimum atomic E-state index is 0.297. The summed E-state index contributed by atoms with van der Waals surface area (Å²) in [5, 5.41) is 1.07. The number of allylic oxidation sites excluding steroid dienone is 1. The van der Waals surface area contributed by atoms with Crippen molar-refractivity contribution in [1.29, 1.82) is 0 Å². The van der Waals surface area contributed by atoms with Gasteiger partial charge in [-0.1, -0.05) is 153 Å². The van der Waals surface area contributed by atoms with Gasteiger partial charge in [-0.2, -0.15) is 0 Å². The maximum absolute atomic E-state index is 6.47. The molecule has 8 aromatic rings. The van der Waals surface area contributed by atoms with Gasteiger partial charge in [0.25, 0.3) is 0 Å². The molecule has 0 spiro atoms. The summed E-state index contributed by atoms with van der Waals surface area (Å²) in [7, 11) is 0. The van der Waals surface area contributed by atoms with Crippen LogP contribution >= 0.6 is 0 Å². The number of rotatable bonds is 6. The van der Waals surface area contributed by atoms with E-state index in [0.717, 1.165) is 62.1 Å². The first-order valence-corrected chi connectivity index (χ1v) is 17.1. The zero-order valence-electron chi connectivity index (χ0n) is 27.6. The molecule has 0 saturated heterocycles. The van der Waals surface area contributed by atoms with Crippen LogP contribution in [0.3, 0.4) is 0 Å². The third-order valence-corrected chi connectivity index (χ3v) is 9.62. The highest BCUT2D eigenvalue weighted by atomic mass is 16.3. The van der Waals surface area contributed by atoms with Gasteiger partial charge >= 0.3 is 0 Å². The topological polar surface area (TPSA) is 51.8 Å². The second-order valence-corrected chi connectivity index (χ2v) is 12.8. The Labute approximate surface area is 291 Å². The normalized spacial score (nSPS) is 13.7. The molecule has 1 aliphatic carbocycles. The van der Waals surface area contributed by atoms with Crippen LogP contribution in [0, 0.1) is 0 Å². The van der Waals surface area contributed by atoms with Crippen LogP contribution in [0.4, 0.5) is 0 Å². The molecule has 6 aromatic carbocycles. The molecule has 0 saturated carbocycles. The summed E-state index contributed by atoms with van der Waals surface area (Å²) in [5.74, 6) is 3.10. The van der Waals surface area contributed by atoms with Crippen molar-refractivity contribution >= 4 is 17.0 Å². The van der Waals surface area contributed by atoms with Crippen molar-refractivity contribution < 1.29 is 4.42 Å². The first-order chi connectivity index (χ1) is 24.7. The number of furan rings is 1. The van der Waals surface area contributed by atoms with Crippen molar-refractivity contribution in [3.63, 3.8) is 0 Å². The van der Waals surface area contributed by atoms with E-state index in [1.807, 2.05) is 30.3 Å². The van der Waals surface area contributed by atoms with Gasteiger partial charge in [0.05, 0.1) is 0 Å². The quantitative estimate of drug-likeness (QED) is 0.181. The number of aromatic nitrogens is 3. The highest BCUT2D eigenvalue weighted by Crippen LogP contribution is 2.46. The molecule has 2 heterocycles. The van der Waals surface area contributed by atoms with Crippen LogP contribution < -0.4 is 0 Å². The number of nitrogens with zero attached hydrogens (tertiary/aromatic N) is 3. The zero-order chi connectivity index (χ0) is 33.4. The molecule has 2 aromatic heterocycles. The molecule has 0 bridgehead atoms. The third-order valence-electron chi connectivity index (χ3n) is 9.62. The van der Waals surface area contributed by atoms with Gasteiger partial charge in [-0.05, 0) is 63.9 Å². The van der Waals surface area contributed by atoms with Crippen LogP contribution in [0.15, 0.2) is 162 Å². The van der Waals surface area contributed by atoms with Crippen LogP contribution in [0.2, 0.25) is 0 Å². The van der Waals surface area contributed by atoms with E-state index in [0.29, 0.717) is 23.4 Å². The molecule has 50 heavy (non-hydrogen) atoms. The van der Waals surface area contributed by atoms with E-state index in [9.17, 15) is 0 Å². The van der Waals surface area contributed by atoms with Crippen LogP contribution in [0.1, 0.15) is 30.6 Å². The van der Waals surface area contributed by atoms with E-state index in [1.165, 1.54) is 16.7 Å². The molecule has 0 N–H and O–H groups in total. The monoisotopic (exact) mass is 643 g/mol. The van der Waals surface area contributed by atoms with Crippen LogP contribution in [-0.4, -0.2) is 15.0 Å². The first kappa shape index (κ1) is 29.7. The lowest BCUT2D eigenvalue weighted by Gasteiger charge is -2.17. The molecule has 0 radical (unpaired) electrons. The summed E-state index contributed by atoms with van der Waals surface area (Å²) in [4.78, 5) is 15.5. The minimum absolute atomic E-state index is 0.297. The van der Waals surface area contributed by atoms with E-state index >= 15 is 0 Å². The number of fused-ring (bicyclic) bond motifs is 3. The minimum Gasteiger partial charge on any atom is -0.456 e. The SMILES string of the molecule is CC1CC=Cc2oc3ccc(-c4ccccc4)c(-c4nc(-c5ccccc5)nc(-c5ccc(-c6ccc(-c7ccccc7)cc6)cc5)n4)c3c21. The lowest BCUT2D eigenvalue weighted by atomic mass is 9.86. The highest BCUT2D eigenvalue weighted by Gasteiger charge is 2.27. The molecule has 1 aliphatic rings. The number of hydrogen-bond acceptors (Lipinski definition) is 4. The summed E-state index contributed by atoms with van der Waals surface area (Å²) in [5.41, 5.74) is 11.7. The van der Waals surface area contributed by atoms with Gasteiger partial charge < -0.3 is 4.42 Å². The first-order valence-electron chi connectivity index (χ1n) is 17.1. The molecule has 238 valence electrons. The standard InChI is InChI=1S/C46H33N3O/c1-30-12-11-19-39-41(30)43-40(50-39)29-28-38(35-15-7-3-8-16-35)42(43)46-48-44(36-17-9-4-10-18-36)47-45(49-46)37-26-24-34(25-27-37)33-22-20-32(21-23-33)31-13-5-2-6-14-31/h2-11,13-30H,12H2,1H3. The second-order valence-electron chi connectivity index (χ2n) is 12.8. The van der Waals surface area contributed by atoms with Crippen molar-refractivity contribution in [2.45, 2.75) is 19.3 Å². The number of hydrogen-bond donors (Lipinski definition) is 0. The van der Waals surface area contributed by atoms with Crippen LogP contribution in [0.5, 0.6) is 0 Å². The Morgan fingerprint density at radius 3 is 1.52 bits per heavy atom. The van der Waals surface area contributed by atoms with Gasteiger partial charge in [0, 0.05) is 27.6 Å². The molecule has 9 rings (SSSR count). The van der Waals surface area contributed by atoms with Gasteiger partial charge in [-0.25, -0.2) is 15.0 Å². The molecule has 0 aliphatic heterocycles. The maximum Gasteiger partial charge on any atom is 0.165 e. The average molecular weight is 644 g/mol. The Kier molecular flexibility index (Phi) is 7.47. The fourth-order valence-corrected chi connectivity index (χ4v) is 7.06. The summed E-state index contributed by atoms with van der Waals surface area (Å²) in [6.45, 7) is 2.27. The predicted octanol–water partition coefficient (Wildman–Crippen LogP) is 12.1. The van der Waals surface area contributed by atoms with Crippen molar-refractivity contribution in [3.05, 3.63) is 169 Å². The molecule has 4 nitrogen and oxygen atoms in total. The van der Waals surface area contributed by atoms with E-state index < -0.39 is 0 Å². The Hall–Kier alpha value is -6.39. The largest absolute Gasteiger partial charge is 0.456 e. The maximum atomic E-state index is 6.47. The molecule has 1 unspecified atom stereocenters. The van der Waals surface area contributed by atoms with Crippen molar-refractivity contribution in [2.75, 3.05) is 0 Å². The smallest absolute Gasteiger partial charge is 0.165 e. The molecular weight excluding hydrogens is 611 g/mol. The fourth-order valence-electron chi connectivity index (χ4n) is 7.06. The zero-order valence-corrected chi connectivity index (χ0v) is 27.6. The Morgan fingerprint density at radius 1 is 0.480 bits per heavy atom. The van der Waals surface area contributed by atoms with Crippen molar-refractivity contribution in [2.24, 2.45) is 0 Å². The van der Waals surface area contributed by atoms with E-state index in [1.54, 1.807) is 0 Å².